The maximum atomic E-state index is 8.44. The van der Waals surface area contributed by atoms with Crippen molar-refractivity contribution in [2.45, 2.75) is 20.8 Å². The highest BCUT2D eigenvalue weighted by Gasteiger charge is 1.88. The maximum Gasteiger partial charge on any atom is 0.0612 e. The summed E-state index contributed by atoms with van der Waals surface area (Å²) in [7, 11) is 0. The normalized spacial score (nSPS) is 13.6. The molecule has 0 rings (SSSR count). The van der Waals surface area contributed by atoms with Crippen LogP contribution in [0.15, 0.2) is 23.8 Å². The second-order valence-electron chi connectivity index (χ2n) is 2.71. The Morgan fingerprint density at radius 2 is 2.10 bits per heavy atom. The van der Waals surface area contributed by atoms with Crippen molar-refractivity contribution in [3.63, 3.8) is 0 Å². The van der Waals surface area contributed by atoms with E-state index in [1.165, 1.54) is 5.57 Å². The predicted octanol–water partition coefficient (Wildman–Crippen LogP) is 2.14. The fourth-order valence-corrected chi connectivity index (χ4v) is 0.857. The van der Waals surface area contributed by atoms with Gasteiger partial charge in [-0.2, -0.15) is 0 Å². The monoisotopic (exact) mass is 140 g/mol. The van der Waals surface area contributed by atoms with E-state index in [-0.39, 0.29) is 6.61 Å². The lowest BCUT2D eigenvalue weighted by molar-refractivity contribution is 0.342. The van der Waals surface area contributed by atoms with Gasteiger partial charge >= 0.3 is 0 Å². The first-order chi connectivity index (χ1) is 4.66. The Morgan fingerprint density at radius 3 is 2.50 bits per heavy atom. The van der Waals surface area contributed by atoms with Crippen LogP contribution in [0.3, 0.4) is 0 Å². The molecule has 1 atom stereocenters. The highest BCUT2D eigenvalue weighted by atomic mass is 16.2. The van der Waals surface area contributed by atoms with Gasteiger partial charge in [0.2, 0.25) is 0 Å². The van der Waals surface area contributed by atoms with Crippen LogP contribution in [0, 0.1) is 5.92 Å². The standard InChI is InChI=1S/C9H16O/c1-8(2)7-9(3)5-4-6-10/h4-5,7,9-10H,6H2,1-3H3/b5-4+. The van der Waals surface area contributed by atoms with Crippen LogP contribution in [0.1, 0.15) is 20.8 Å². The first-order valence-electron chi connectivity index (χ1n) is 3.59. The van der Waals surface area contributed by atoms with Gasteiger partial charge < -0.3 is 5.11 Å². The van der Waals surface area contributed by atoms with E-state index in [1.54, 1.807) is 6.08 Å². The molecule has 0 aliphatic carbocycles. The van der Waals surface area contributed by atoms with Crippen molar-refractivity contribution in [3.8, 4) is 0 Å². The molecular weight excluding hydrogens is 124 g/mol. The molecule has 0 aromatic rings. The molecule has 1 unspecified atom stereocenters. The molecule has 1 heteroatoms. The minimum Gasteiger partial charge on any atom is -0.392 e. The molecule has 0 aliphatic rings. The van der Waals surface area contributed by atoms with E-state index in [9.17, 15) is 0 Å². The van der Waals surface area contributed by atoms with Crippen LogP contribution in [0.2, 0.25) is 0 Å². The zero-order valence-corrected chi connectivity index (χ0v) is 6.96. The largest absolute Gasteiger partial charge is 0.392 e. The summed E-state index contributed by atoms with van der Waals surface area (Å²) in [5, 5.41) is 8.44. The highest BCUT2D eigenvalue weighted by molar-refractivity contribution is 5.03. The van der Waals surface area contributed by atoms with Crippen LogP contribution in [0.25, 0.3) is 0 Å². The van der Waals surface area contributed by atoms with E-state index >= 15 is 0 Å². The molecule has 0 saturated heterocycles. The Morgan fingerprint density at radius 1 is 1.50 bits per heavy atom. The summed E-state index contributed by atoms with van der Waals surface area (Å²) in [6.07, 6.45) is 5.92. The van der Waals surface area contributed by atoms with Gasteiger partial charge in [0.05, 0.1) is 6.61 Å². The molecule has 0 aliphatic heterocycles. The molecule has 0 radical (unpaired) electrons. The minimum absolute atomic E-state index is 0.140. The molecule has 0 amide bonds. The summed E-state index contributed by atoms with van der Waals surface area (Å²) >= 11 is 0. The fraction of sp³-hybridized carbons (Fsp3) is 0.556. The van der Waals surface area contributed by atoms with Gasteiger partial charge in [0.1, 0.15) is 0 Å². The van der Waals surface area contributed by atoms with E-state index in [0.717, 1.165) is 0 Å². The number of aliphatic hydroxyl groups is 1. The summed E-state index contributed by atoms with van der Waals surface area (Å²) in [6, 6.07) is 0. The average molecular weight is 140 g/mol. The van der Waals surface area contributed by atoms with Crippen LogP contribution in [-0.4, -0.2) is 11.7 Å². The number of rotatable bonds is 3. The van der Waals surface area contributed by atoms with Crippen LogP contribution >= 0.6 is 0 Å². The van der Waals surface area contributed by atoms with Gasteiger partial charge in [-0.05, 0) is 19.8 Å². The SMILES string of the molecule is CC(C)=CC(C)/C=C/CO. The average Bonchev–Trinajstić information content (AvgIpc) is 1.82. The van der Waals surface area contributed by atoms with Crippen molar-refractivity contribution >= 4 is 0 Å². The van der Waals surface area contributed by atoms with E-state index in [2.05, 4.69) is 26.8 Å². The third kappa shape index (κ3) is 5.57. The third-order valence-corrected chi connectivity index (χ3v) is 1.14. The van der Waals surface area contributed by atoms with Gasteiger partial charge in [-0.1, -0.05) is 30.7 Å². The van der Waals surface area contributed by atoms with E-state index in [4.69, 9.17) is 5.11 Å². The second kappa shape index (κ2) is 5.24. The van der Waals surface area contributed by atoms with Crippen LogP contribution in [0.4, 0.5) is 0 Å². The quantitative estimate of drug-likeness (QED) is 0.595. The predicted molar refractivity (Wildman–Crippen MR) is 44.8 cm³/mol. The summed E-state index contributed by atoms with van der Waals surface area (Å²) in [5.74, 6) is 0.442. The molecule has 0 fully saturated rings. The maximum absolute atomic E-state index is 8.44. The summed E-state index contributed by atoms with van der Waals surface area (Å²) in [6.45, 7) is 6.38. The molecule has 1 N–H and O–H groups in total. The summed E-state index contributed by atoms with van der Waals surface area (Å²) in [5.41, 5.74) is 1.31. The third-order valence-electron chi connectivity index (χ3n) is 1.14. The number of allylic oxidation sites excluding steroid dienone is 3. The van der Waals surface area contributed by atoms with Gasteiger partial charge in [0, 0.05) is 0 Å². The van der Waals surface area contributed by atoms with Crippen LogP contribution in [0.5, 0.6) is 0 Å². The Kier molecular flexibility index (Phi) is 4.95. The van der Waals surface area contributed by atoms with Crippen molar-refractivity contribution in [2.75, 3.05) is 6.61 Å². The van der Waals surface area contributed by atoms with E-state index in [0.29, 0.717) is 5.92 Å². The van der Waals surface area contributed by atoms with Gasteiger partial charge in [-0.15, -0.1) is 0 Å². The molecule has 1 nitrogen and oxygen atoms in total. The van der Waals surface area contributed by atoms with Crippen molar-refractivity contribution in [2.24, 2.45) is 5.92 Å². The highest BCUT2D eigenvalue weighted by Crippen LogP contribution is 2.02. The second-order valence-corrected chi connectivity index (χ2v) is 2.71. The van der Waals surface area contributed by atoms with Gasteiger partial charge in [0.15, 0.2) is 0 Å². The molecule has 0 aromatic carbocycles. The summed E-state index contributed by atoms with van der Waals surface area (Å²) in [4.78, 5) is 0. The van der Waals surface area contributed by atoms with Crippen LogP contribution < -0.4 is 0 Å². The van der Waals surface area contributed by atoms with Gasteiger partial charge in [-0.25, -0.2) is 0 Å². The molecule has 0 bridgehead atoms. The lowest BCUT2D eigenvalue weighted by Gasteiger charge is -1.97. The number of hydrogen-bond donors (Lipinski definition) is 1. The van der Waals surface area contributed by atoms with E-state index < -0.39 is 0 Å². The lowest BCUT2D eigenvalue weighted by Crippen LogP contribution is -1.84. The Hall–Kier alpha value is -0.560. The fourth-order valence-electron chi connectivity index (χ4n) is 0.857. The zero-order chi connectivity index (χ0) is 7.98. The summed E-state index contributed by atoms with van der Waals surface area (Å²) < 4.78 is 0. The molecule has 10 heavy (non-hydrogen) atoms. The van der Waals surface area contributed by atoms with Crippen molar-refractivity contribution in [1.82, 2.24) is 0 Å². The van der Waals surface area contributed by atoms with Crippen molar-refractivity contribution < 1.29 is 5.11 Å². The molecule has 0 spiro atoms. The Balaban J connectivity index is 3.74. The van der Waals surface area contributed by atoms with Gasteiger partial charge in [-0.3, -0.25) is 0 Å². The first kappa shape index (κ1) is 9.44. The van der Waals surface area contributed by atoms with Crippen molar-refractivity contribution in [1.29, 1.82) is 0 Å². The Labute approximate surface area is 63.1 Å². The van der Waals surface area contributed by atoms with E-state index in [1.807, 2.05) is 6.08 Å². The Bertz CT molecular complexity index is 130. The molecule has 0 saturated carbocycles. The zero-order valence-electron chi connectivity index (χ0n) is 6.96. The van der Waals surface area contributed by atoms with Crippen molar-refractivity contribution in [3.05, 3.63) is 23.8 Å². The molecular formula is C9H16O. The van der Waals surface area contributed by atoms with Gasteiger partial charge in [0.25, 0.3) is 0 Å². The molecule has 0 aromatic heterocycles. The number of hydrogen-bond acceptors (Lipinski definition) is 1. The molecule has 0 heterocycles. The smallest absolute Gasteiger partial charge is 0.0612 e. The first-order valence-corrected chi connectivity index (χ1v) is 3.59. The van der Waals surface area contributed by atoms with Crippen LogP contribution in [-0.2, 0) is 0 Å². The lowest BCUT2D eigenvalue weighted by atomic mass is 10.1. The minimum atomic E-state index is 0.140. The molecule has 58 valence electrons. The topological polar surface area (TPSA) is 20.2 Å². The number of aliphatic hydroxyl groups excluding tert-OH is 1.